The third-order valence-electron chi connectivity index (χ3n) is 7.07. The molecule has 7 nitrogen and oxygen atoms in total. The van der Waals surface area contributed by atoms with E-state index < -0.39 is 35.4 Å². The Labute approximate surface area is 222 Å². The van der Waals surface area contributed by atoms with E-state index in [-0.39, 0.29) is 11.5 Å². The number of anilines is 1. The number of ketones is 1. The molecule has 2 amide bonds. The van der Waals surface area contributed by atoms with Crippen LogP contribution in [0.4, 0.5) is 10.5 Å². The average molecular weight is 535 g/mol. The predicted molar refractivity (Wildman–Crippen MR) is 143 cm³/mol. The molecule has 37 heavy (non-hydrogen) atoms. The molecule has 0 aliphatic carbocycles. The van der Waals surface area contributed by atoms with E-state index in [1.54, 1.807) is 50.2 Å². The summed E-state index contributed by atoms with van der Waals surface area (Å²) < 4.78 is 5.73. The number of carbonyl (C=O) groups excluding carboxylic acids is 2. The zero-order valence-corrected chi connectivity index (χ0v) is 22.1. The fraction of sp³-hybridized carbons (Fsp3) is 0.250. The standard InChI is InChI=1S/C28H26N2O5S2/c1-16-13-15-37-25(16)22-21(24(31)19-12-11-17(2)35-19)23(20-10-7-14-36-20)30(28(22,3)26(32)33)27(34)29-18-8-5-4-6-9-18/h4-15,21-23H,1-3H3,(H,29,34)(H,32,33). The van der Waals surface area contributed by atoms with Crippen molar-refractivity contribution in [2.45, 2.75) is 38.3 Å². The molecule has 1 fully saturated rings. The number of para-hydroxylation sites is 1. The first-order valence-electron chi connectivity index (χ1n) is 11.8. The molecule has 5 rings (SSSR count). The minimum Gasteiger partial charge on any atom is -0.479 e. The topological polar surface area (TPSA) is 99.9 Å². The van der Waals surface area contributed by atoms with E-state index >= 15 is 0 Å². The van der Waals surface area contributed by atoms with E-state index in [9.17, 15) is 19.5 Å². The Kier molecular flexibility index (Phi) is 6.51. The maximum atomic E-state index is 14.2. The highest BCUT2D eigenvalue weighted by molar-refractivity contribution is 7.10. The second kappa shape index (κ2) is 9.64. The van der Waals surface area contributed by atoms with Gasteiger partial charge in [0, 0.05) is 21.4 Å². The van der Waals surface area contributed by atoms with Crippen molar-refractivity contribution in [2.75, 3.05) is 5.32 Å². The number of Topliss-reactive ketones (excluding diaryl/α,β-unsaturated/α-hetero) is 1. The Morgan fingerprint density at radius 3 is 2.30 bits per heavy atom. The van der Waals surface area contributed by atoms with Crippen molar-refractivity contribution in [3.05, 3.63) is 98.3 Å². The van der Waals surface area contributed by atoms with Gasteiger partial charge in [-0.1, -0.05) is 24.3 Å². The Balaban J connectivity index is 1.74. The normalized spacial score (nSPS) is 23.2. The smallest absolute Gasteiger partial charge is 0.330 e. The van der Waals surface area contributed by atoms with Gasteiger partial charge in [-0.25, -0.2) is 9.59 Å². The molecule has 1 aliphatic rings. The van der Waals surface area contributed by atoms with Gasteiger partial charge in [0.2, 0.25) is 5.78 Å². The van der Waals surface area contributed by atoms with Crippen molar-refractivity contribution in [3.8, 4) is 0 Å². The lowest BCUT2D eigenvalue weighted by molar-refractivity contribution is -0.148. The molecular formula is C28H26N2O5S2. The first-order chi connectivity index (χ1) is 17.7. The lowest BCUT2D eigenvalue weighted by atomic mass is 9.75. The highest BCUT2D eigenvalue weighted by Crippen LogP contribution is 2.58. The van der Waals surface area contributed by atoms with Gasteiger partial charge in [-0.15, -0.1) is 22.7 Å². The maximum absolute atomic E-state index is 14.2. The zero-order chi connectivity index (χ0) is 26.3. The van der Waals surface area contributed by atoms with E-state index in [2.05, 4.69) is 5.32 Å². The number of carboxylic acid groups (broad SMARTS) is 1. The number of furan rings is 1. The number of aryl methyl sites for hydroxylation is 2. The van der Waals surface area contributed by atoms with Crippen molar-refractivity contribution < 1.29 is 23.9 Å². The lowest BCUT2D eigenvalue weighted by Crippen LogP contribution is -2.55. The number of aliphatic carboxylic acids is 1. The molecule has 3 aromatic heterocycles. The molecule has 190 valence electrons. The van der Waals surface area contributed by atoms with E-state index in [0.29, 0.717) is 11.4 Å². The molecule has 4 atom stereocenters. The van der Waals surface area contributed by atoms with Crippen LogP contribution in [-0.2, 0) is 4.79 Å². The lowest BCUT2D eigenvalue weighted by Gasteiger charge is -2.37. The highest BCUT2D eigenvalue weighted by atomic mass is 32.1. The second-order valence-electron chi connectivity index (χ2n) is 9.32. The van der Waals surface area contributed by atoms with Crippen LogP contribution in [0.15, 0.2) is 75.8 Å². The Morgan fingerprint density at radius 1 is 0.973 bits per heavy atom. The number of carboxylic acids is 1. The Morgan fingerprint density at radius 2 is 1.73 bits per heavy atom. The van der Waals surface area contributed by atoms with Crippen LogP contribution in [0.1, 0.15) is 50.5 Å². The number of urea groups is 1. The molecule has 0 spiro atoms. The Hall–Kier alpha value is -3.69. The van der Waals surface area contributed by atoms with Gasteiger partial charge in [0.15, 0.2) is 5.76 Å². The van der Waals surface area contributed by atoms with Gasteiger partial charge in [0.25, 0.3) is 0 Å². The number of hydrogen-bond donors (Lipinski definition) is 2. The summed E-state index contributed by atoms with van der Waals surface area (Å²) in [5.41, 5.74) is -0.318. The van der Waals surface area contributed by atoms with E-state index in [1.165, 1.54) is 27.6 Å². The third-order valence-corrected chi connectivity index (χ3v) is 9.11. The molecule has 4 heterocycles. The molecule has 1 aromatic carbocycles. The number of nitrogens with zero attached hydrogens (tertiary/aromatic N) is 1. The minimum absolute atomic E-state index is 0.154. The first-order valence-corrected chi connectivity index (χ1v) is 13.6. The molecule has 1 aliphatic heterocycles. The highest BCUT2D eigenvalue weighted by Gasteiger charge is 2.66. The van der Waals surface area contributed by atoms with Gasteiger partial charge >= 0.3 is 12.0 Å². The summed E-state index contributed by atoms with van der Waals surface area (Å²) >= 11 is 2.80. The maximum Gasteiger partial charge on any atom is 0.330 e. The molecule has 9 heteroatoms. The summed E-state index contributed by atoms with van der Waals surface area (Å²) in [5.74, 6) is -2.47. The predicted octanol–water partition coefficient (Wildman–Crippen LogP) is 6.73. The number of rotatable bonds is 6. The quantitative estimate of drug-likeness (QED) is 0.267. The molecule has 4 aromatic rings. The van der Waals surface area contributed by atoms with Crippen LogP contribution in [0.5, 0.6) is 0 Å². The summed E-state index contributed by atoms with van der Waals surface area (Å²) in [5, 5.41) is 17.4. The van der Waals surface area contributed by atoms with Crippen molar-refractivity contribution in [1.29, 1.82) is 0 Å². The molecule has 0 saturated carbocycles. The van der Waals surface area contributed by atoms with Gasteiger partial charge in [0.1, 0.15) is 11.3 Å². The number of amides is 2. The summed E-state index contributed by atoms with van der Waals surface area (Å²) in [6.45, 7) is 5.20. The fourth-order valence-electron chi connectivity index (χ4n) is 5.32. The van der Waals surface area contributed by atoms with Crippen molar-refractivity contribution in [3.63, 3.8) is 0 Å². The van der Waals surface area contributed by atoms with Crippen LogP contribution in [0.25, 0.3) is 0 Å². The monoisotopic (exact) mass is 534 g/mol. The van der Waals surface area contributed by atoms with Crippen LogP contribution in [0.3, 0.4) is 0 Å². The first kappa shape index (κ1) is 25.0. The third kappa shape index (κ3) is 4.18. The van der Waals surface area contributed by atoms with Gasteiger partial charge < -0.3 is 14.8 Å². The van der Waals surface area contributed by atoms with Crippen molar-refractivity contribution in [2.24, 2.45) is 5.92 Å². The van der Waals surface area contributed by atoms with Crippen LogP contribution in [0, 0.1) is 19.8 Å². The second-order valence-corrected chi connectivity index (χ2v) is 11.3. The van der Waals surface area contributed by atoms with Crippen LogP contribution in [0.2, 0.25) is 0 Å². The molecule has 0 radical (unpaired) electrons. The molecule has 0 bridgehead atoms. The summed E-state index contributed by atoms with van der Waals surface area (Å²) in [4.78, 5) is 44.2. The summed E-state index contributed by atoms with van der Waals surface area (Å²) in [7, 11) is 0. The molecular weight excluding hydrogens is 508 g/mol. The minimum atomic E-state index is -1.73. The van der Waals surface area contributed by atoms with Crippen LogP contribution in [-0.4, -0.2) is 33.3 Å². The summed E-state index contributed by atoms with van der Waals surface area (Å²) in [6, 6.07) is 16.4. The number of carbonyl (C=O) groups is 3. The van der Waals surface area contributed by atoms with Crippen molar-refractivity contribution in [1.82, 2.24) is 4.90 Å². The van der Waals surface area contributed by atoms with E-state index in [1.807, 2.05) is 41.9 Å². The van der Waals surface area contributed by atoms with Crippen LogP contribution >= 0.6 is 22.7 Å². The number of hydrogen-bond acceptors (Lipinski definition) is 6. The van der Waals surface area contributed by atoms with E-state index in [4.69, 9.17) is 4.42 Å². The average Bonchev–Trinajstić information content (AvgIpc) is 3.66. The van der Waals surface area contributed by atoms with Gasteiger partial charge in [-0.05, 0) is 73.5 Å². The number of nitrogens with one attached hydrogen (secondary N) is 1. The van der Waals surface area contributed by atoms with Gasteiger partial charge in [-0.3, -0.25) is 9.69 Å². The summed E-state index contributed by atoms with van der Waals surface area (Å²) in [6.07, 6.45) is 0. The number of likely N-dealkylation sites (tertiary alicyclic amines) is 1. The molecule has 1 saturated heterocycles. The molecule has 4 unspecified atom stereocenters. The Bertz CT molecular complexity index is 1440. The number of benzene rings is 1. The van der Waals surface area contributed by atoms with Gasteiger partial charge in [0.05, 0.1) is 12.0 Å². The molecule has 2 N–H and O–H groups in total. The van der Waals surface area contributed by atoms with Crippen LogP contribution < -0.4 is 5.32 Å². The van der Waals surface area contributed by atoms with Gasteiger partial charge in [-0.2, -0.15) is 0 Å². The van der Waals surface area contributed by atoms with Crippen molar-refractivity contribution >= 4 is 46.1 Å². The number of thiophene rings is 2. The fourth-order valence-corrected chi connectivity index (χ4v) is 7.38. The largest absolute Gasteiger partial charge is 0.479 e. The van der Waals surface area contributed by atoms with E-state index in [0.717, 1.165) is 15.3 Å². The zero-order valence-electron chi connectivity index (χ0n) is 20.5. The SMILES string of the molecule is Cc1ccc(C(=O)C2C(c3cccs3)N(C(=O)Nc3ccccc3)C(C)(C(=O)O)C2c2sccc2C)o1.